The van der Waals surface area contributed by atoms with Crippen LogP contribution in [-0.4, -0.2) is 45.3 Å². The second kappa shape index (κ2) is 12.2. The Balaban J connectivity index is 2.33. The van der Waals surface area contributed by atoms with E-state index in [0.717, 1.165) is 35.5 Å². The van der Waals surface area contributed by atoms with Crippen molar-refractivity contribution in [3.05, 3.63) is 33.3 Å². The highest BCUT2D eigenvalue weighted by Crippen LogP contribution is 2.32. The number of cyclic esters (lactones) is 1. The Morgan fingerprint density at radius 3 is 2.53 bits per heavy atom. The smallest absolute Gasteiger partial charge is 0.309 e. The van der Waals surface area contributed by atoms with Gasteiger partial charge in [-0.15, -0.1) is 11.3 Å². The van der Waals surface area contributed by atoms with Crippen LogP contribution < -0.4 is 0 Å². The molecule has 0 aliphatic carbocycles. The lowest BCUT2D eigenvalue weighted by molar-refractivity contribution is -0.154. The molecule has 190 valence electrons. The van der Waals surface area contributed by atoms with Gasteiger partial charge in [0.05, 0.1) is 34.7 Å². The number of thiazole rings is 1. The number of hydrogen-bond donors (Lipinski definition) is 2. The third-order valence-electron chi connectivity index (χ3n) is 7.04. The number of carbonyl (C=O) groups excluding carboxylic acids is 2. The number of Topliss-reactive ketones (excluding diaryl/α,β-unsaturated/α-hetero) is 1. The van der Waals surface area contributed by atoms with Gasteiger partial charge in [0.15, 0.2) is 0 Å². The Kier molecular flexibility index (Phi) is 10.2. The molecule has 0 fully saturated rings. The van der Waals surface area contributed by atoms with Crippen molar-refractivity contribution >= 4 is 29.2 Å². The lowest BCUT2D eigenvalue weighted by atomic mass is 9.73. The summed E-state index contributed by atoms with van der Waals surface area (Å²) in [5.41, 5.74) is 1.71. The molecule has 1 aliphatic heterocycles. The second-order valence-corrected chi connectivity index (χ2v) is 11.5. The van der Waals surface area contributed by atoms with Gasteiger partial charge in [-0.2, -0.15) is 0 Å². The van der Waals surface area contributed by atoms with Crippen LogP contribution in [0.4, 0.5) is 0 Å². The van der Waals surface area contributed by atoms with Gasteiger partial charge in [-0.25, -0.2) is 4.98 Å². The number of carbonyl (C=O) groups is 2. The Hall–Kier alpha value is -1.83. The largest absolute Gasteiger partial charge is 0.457 e. The van der Waals surface area contributed by atoms with Crippen LogP contribution >= 0.6 is 11.3 Å². The average molecular weight is 492 g/mol. The summed E-state index contributed by atoms with van der Waals surface area (Å²) < 4.78 is 5.81. The van der Waals surface area contributed by atoms with Gasteiger partial charge in [0.1, 0.15) is 11.9 Å². The van der Waals surface area contributed by atoms with Gasteiger partial charge in [0.25, 0.3) is 0 Å². The number of aliphatic hydroxyl groups is 2. The Morgan fingerprint density at radius 2 is 1.91 bits per heavy atom. The average Bonchev–Trinajstić information content (AvgIpc) is 3.18. The number of rotatable bonds is 2. The van der Waals surface area contributed by atoms with E-state index >= 15 is 0 Å². The minimum Gasteiger partial charge on any atom is -0.457 e. The number of ether oxygens (including phenoxy) is 1. The van der Waals surface area contributed by atoms with Gasteiger partial charge in [0, 0.05) is 17.7 Å². The normalized spacial score (nSPS) is 32.1. The Bertz CT molecular complexity index is 916. The first kappa shape index (κ1) is 28.4. The van der Waals surface area contributed by atoms with Crippen LogP contribution in [0.3, 0.4) is 0 Å². The zero-order valence-corrected chi connectivity index (χ0v) is 22.4. The summed E-state index contributed by atoms with van der Waals surface area (Å²) in [6, 6.07) is 0. The van der Waals surface area contributed by atoms with E-state index in [4.69, 9.17) is 4.74 Å². The summed E-state index contributed by atoms with van der Waals surface area (Å²) in [4.78, 5) is 30.5. The number of allylic oxidation sites excluding steroid dienone is 1. The van der Waals surface area contributed by atoms with Crippen LogP contribution in [0.5, 0.6) is 0 Å². The molecule has 0 aromatic carbocycles. The molecule has 6 nitrogen and oxygen atoms in total. The molecule has 34 heavy (non-hydrogen) atoms. The van der Waals surface area contributed by atoms with Crippen molar-refractivity contribution in [1.82, 2.24) is 4.98 Å². The fraction of sp³-hybridized carbons (Fsp3) is 0.667. The van der Waals surface area contributed by atoms with Gasteiger partial charge in [-0.05, 0) is 57.6 Å². The van der Waals surface area contributed by atoms with E-state index in [1.807, 2.05) is 32.2 Å². The number of aryl methyl sites for hydroxylation is 1. The highest BCUT2D eigenvalue weighted by atomic mass is 32.1. The fourth-order valence-electron chi connectivity index (χ4n) is 4.40. The molecule has 2 heterocycles. The Morgan fingerprint density at radius 1 is 1.24 bits per heavy atom. The maximum atomic E-state index is 13.2. The molecule has 7 heteroatoms. The molecule has 5 atom stereocenters. The lowest BCUT2D eigenvalue weighted by Gasteiger charge is -2.34. The summed E-state index contributed by atoms with van der Waals surface area (Å²) in [6.07, 6.45) is 4.33. The first-order chi connectivity index (χ1) is 15.8. The fourth-order valence-corrected chi connectivity index (χ4v) is 4.97. The number of aliphatic hydroxyl groups excluding tert-OH is 2. The zero-order valence-electron chi connectivity index (χ0n) is 21.6. The minimum atomic E-state index is -1.21. The highest BCUT2D eigenvalue weighted by Gasteiger charge is 2.42. The third kappa shape index (κ3) is 7.59. The van der Waals surface area contributed by atoms with Crippen LogP contribution in [0.15, 0.2) is 22.6 Å². The van der Waals surface area contributed by atoms with Crippen LogP contribution in [0, 0.1) is 24.2 Å². The molecular formula is C27H41NO5S. The molecule has 1 aromatic rings. The number of aromatic nitrogens is 1. The summed E-state index contributed by atoms with van der Waals surface area (Å²) >= 11 is 1.56. The van der Waals surface area contributed by atoms with Crippen molar-refractivity contribution in [2.75, 3.05) is 0 Å². The molecule has 2 N–H and O–H groups in total. The van der Waals surface area contributed by atoms with Crippen LogP contribution in [0.1, 0.15) is 84.3 Å². The van der Waals surface area contributed by atoms with Gasteiger partial charge in [-0.1, -0.05) is 39.3 Å². The van der Waals surface area contributed by atoms with Gasteiger partial charge >= 0.3 is 5.97 Å². The zero-order chi connectivity index (χ0) is 25.6. The third-order valence-corrected chi connectivity index (χ3v) is 7.83. The lowest BCUT2D eigenvalue weighted by Crippen LogP contribution is -2.45. The van der Waals surface area contributed by atoms with E-state index < -0.39 is 35.6 Å². The molecule has 1 unspecified atom stereocenters. The van der Waals surface area contributed by atoms with Gasteiger partial charge < -0.3 is 14.9 Å². The summed E-state index contributed by atoms with van der Waals surface area (Å²) in [5, 5.41) is 24.5. The monoisotopic (exact) mass is 491 g/mol. The van der Waals surface area contributed by atoms with E-state index in [0.29, 0.717) is 6.42 Å². The second-order valence-electron chi connectivity index (χ2n) is 10.4. The maximum absolute atomic E-state index is 13.2. The molecular weight excluding hydrogens is 450 g/mol. The van der Waals surface area contributed by atoms with E-state index in [1.54, 1.807) is 32.1 Å². The number of hydrogen-bond acceptors (Lipinski definition) is 7. The Labute approximate surface area is 208 Å². The molecule has 0 amide bonds. The topological polar surface area (TPSA) is 96.7 Å². The number of nitrogens with zero attached hydrogens (tertiary/aromatic N) is 1. The van der Waals surface area contributed by atoms with E-state index in [-0.39, 0.29) is 18.1 Å². The van der Waals surface area contributed by atoms with Crippen molar-refractivity contribution in [2.45, 2.75) is 98.9 Å². The molecule has 0 saturated carbocycles. The van der Waals surface area contributed by atoms with Gasteiger partial charge in [-0.3, -0.25) is 9.59 Å². The first-order valence-electron chi connectivity index (χ1n) is 12.2. The van der Waals surface area contributed by atoms with Gasteiger partial charge in [0.2, 0.25) is 0 Å². The molecule has 0 saturated heterocycles. The van der Waals surface area contributed by atoms with Crippen LogP contribution in [0.25, 0.3) is 6.08 Å². The molecule has 0 bridgehead atoms. The molecule has 0 radical (unpaired) electrons. The van der Waals surface area contributed by atoms with Crippen molar-refractivity contribution in [3.63, 3.8) is 0 Å². The molecule has 1 aliphatic rings. The summed E-state index contributed by atoms with van der Waals surface area (Å²) in [6.45, 7) is 12.8. The van der Waals surface area contributed by atoms with E-state index in [9.17, 15) is 19.8 Å². The first-order valence-corrected chi connectivity index (χ1v) is 13.1. The predicted octanol–water partition coefficient (Wildman–Crippen LogP) is 5.27. The molecule has 2 rings (SSSR count). The van der Waals surface area contributed by atoms with Crippen LogP contribution in [0.2, 0.25) is 0 Å². The summed E-state index contributed by atoms with van der Waals surface area (Å²) in [5.74, 6) is -1.49. The predicted molar refractivity (Wildman–Crippen MR) is 136 cm³/mol. The van der Waals surface area contributed by atoms with Crippen molar-refractivity contribution in [2.24, 2.45) is 17.3 Å². The number of ketones is 1. The SMILES string of the molecule is C/C1=C/C[C@@H](/C(C)=C/c2csc(C)n2)OC(=O)C[C@H](O)C(C)(C)C(=O)[C@H](C)C(O)[C@@H](C)CCC1. The number of esters is 1. The standard InChI is InChI=1S/C27H41NO5S/c1-16-9-8-10-17(2)25(31)19(4)26(32)27(6,7)23(29)14-24(30)33-22(12-11-16)18(3)13-21-15-34-20(5)28-21/h11,13,15,17,19,22-23,25,29,31H,8-10,12,14H2,1-7H3/b16-11-,18-13+/t17-,19+,22-,23-,25?/m0/s1. The highest BCUT2D eigenvalue weighted by molar-refractivity contribution is 7.09. The van der Waals surface area contributed by atoms with Crippen LogP contribution in [-0.2, 0) is 14.3 Å². The summed E-state index contributed by atoms with van der Waals surface area (Å²) in [7, 11) is 0. The van der Waals surface area contributed by atoms with E-state index in [1.165, 1.54) is 5.57 Å². The molecule has 1 aromatic heterocycles. The molecule has 0 spiro atoms. The quantitative estimate of drug-likeness (QED) is 0.432. The van der Waals surface area contributed by atoms with Crippen molar-refractivity contribution in [3.8, 4) is 0 Å². The maximum Gasteiger partial charge on any atom is 0.309 e. The van der Waals surface area contributed by atoms with Crippen molar-refractivity contribution in [1.29, 1.82) is 0 Å². The van der Waals surface area contributed by atoms with E-state index in [2.05, 4.69) is 18.0 Å². The van der Waals surface area contributed by atoms with Crippen molar-refractivity contribution < 1.29 is 24.5 Å². The minimum absolute atomic E-state index is 0.0444.